The molecule has 3 aromatic rings. The quantitative estimate of drug-likeness (QED) is 0.591. The van der Waals surface area contributed by atoms with E-state index in [1.807, 2.05) is 12.1 Å². The third kappa shape index (κ3) is 3.03. The summed E-state index contributed by atoms with van der Waals surface area (Å²) in [4.78, 5) is 26.6. The molecule has 3 saturated carbocycles. The van der Waals surface area contributed by atoms with Crippen LogP contribution >= 0.6 is 0 Å². The molecule has 3 aliphatic carbocycles. The Balaban J connectivity index is 1.13. The topological polar surface area (TPSA) is 90.1 Å². The summed E-state index contributed by atoms with van der Waals surface area (Å²) in [6.45, 7) is 8.38. The number of fused-ring (bicyclic) bond motifs is 1. The SMILES string of the molecule is CC(C)N1CC2(CN(c3ccc(Nc4ncc5cc(C#N)c(=O)n(C67CC(C6)C7)c5n4)cc3F)C2)C1. The van der Waals surface area contributed by atoms with Crippen molar-refractivity contribution >= 4 is 28.4 Å². The maximum atomic E-state index is 15.1. The molecule has 9 heteroatoms. The summed E-state index contributed by atoms with van der Waals surface area (Å²) in [7, 11) is 0. The summed E-state index contributed by atoms with van der Waals surface area (Å²) in [5.41, 5.74) is 1.60. The molecule has 0 amide bonds. The van der Waals surface area contributed by atoms with Crippen molar-refractivity contribution in [3.05, 3.63) is 52.2 Å². The number of halogens is 1. The fraction of sp³-hybridized carbons (Fsp3) is 0.481. The van der Waals surface area contributed by atoms with Crippen LogP contribution in [0.2, 0.25) is 0 Å². The maximum Gasteiger partial charge on any atom is 0.270 e. The molecule has 2 bridgehead atoms. The average molecular weight is 486 g/mol. The van der Waals surface area contributed by atoms with E-state index in [2.05, 4.69) is 38.9 Å². The highest BCUT2D eigenvalue weighted by atomic mass is 19.1. The molecule has 184 valence electrons. The van der Waals surface area contributed by atoms with Gasteiger partial charge in [-0.25, -0.2) is 9.37 Å². The predicted octanol–water partition coefficient (Wildman–Crippen LogP) is 3.59. The number of pyridine rings is 1. The molecule has 2 aliphatic heterocycles. The van der Waals surface area contributed by atoms with E-state index >= 15 is 4.39 Å². The van der Waals surface area contributed by atoms with Gasteiger partial charge in [-0.2, -0.15) is 10.2 Å². The van der Waals surface area contributed by atoms with Crippen LogP contribution in [0.3, 0.4) is 0 Å². The van der Waals surface area contributed by atoms with Crippen molar-refractivity contribution in [1.82, 2.24) is 19.4 Å². The second kappa shape index (κ2) is 7.26. The van der Waals surface area contributed by atoms with Crippen LogP contribution in [0, 0.1) is 28.5 Å². The lowest BCUT2D eigenvalue weighted by Crippen LogP contribution is -2.73. The number of likely N-dealkylation sites (tertiary alicyclic amines) is 1. The lowest BCUT2D eigenvalue weighted by molar-refractivity contribution is -0.0884. The number of hydrogen-bond donors (Lipinski definition) is 1. The van der Waals surface area contributed by atoms with Crippen molar-refractivity contribution in [1.29, 1.82) is 5.26 Å². The van der Waals surface area contributed by atoms with Gasteiger partial charge < -0.3 is 10.2 Å². The fourth-order valence-corrected chi connectivity index (χ4v) is 6.67. The van der Waals surface area contributed by atoms with E-state index in [4.69, 9.17) is 0 Å². The van der Waals surface area contributed by atoms with Crippen LogP contribution in [0.25, 0.3) is 11.0 Å². The molecule has 1 N–H and O–H groups in total. The molecular weight excluding hydrogens is 457 g/mol. The van der Waals surface area contributed by atoms with Gasteiger partial charge in [-0.3, -0.25) is 14.3 Å². The average Bonchev–Trinajstić information content (AvgIpc) is 2.72. The Morgan fingerprint density at radius 3 is 2.53 bits per heavy atom. The first-order valence-electron chi connectivity index (χ1n) is 12.7. The summed E-state index contributed by atoms with van der Waals surface area (Å²) >= 11 is 0. The van der Waals surface area contributed by atoms with Gasteiger partial charge in [0.25, 0.3) is 5.56 Å². The number of rotatable bonds is 5. The van der Waals surface area contributed by atoms with E-state index in [1.165, 1.54) is 6.07 Å². The van der Waals surface area contributed by atoms with Crippen LogP contribution in [0.4, 0.5) is 21.7 Å². The van der Waals surface area contributed by atoms with E-state index < -0.39 is 0 Å². The van der Waals surface area contributed by atoms with E-state index in [9.17, 15) is 10.1 Å². The van der Waals surface area contributed by atoms with Gasteiger partial charge in [0.2, 0.25) is 5.95 Å². The fourth-order valence-electron chi connectivity index (χ4n) is 6.67. The molecule has 4 heterocycles. The van der Waals surface area contributed by atoms with Gasteiger partial charge in [0.15, 0.2) is 0 Å². The highest BCUT2D eigenvalue weighted by molar-refractivity contribution is 5.78. The maximum absolute atomic E-state index is 15.1. The third-order valence-corrected chi connectivity index (χ3v) is 8.75. The number of anilines is 3. The van der Waals surface area contributed by atoms with E-state index in [-0.39, 0.29) is 22.5 Å². The minimum Gasteiger partial charge on any atom is -0.368 e. The molecule has 2 saturated heterocycles. The van der Waals surface area contributed by atoms with Gasteiger partial charge in [-0.1, -0.05) is 0 Å². The summed E-state index contributed by atoms with van der Waals surface area (Å²) in [5, 5.41) is 13.2. The van der Waals surface area contributed by atoms with Crippen molar-refractivity contribution in [2.24, 2.45) is 11.3 Å². The first kappa shape index (κ1) is 21.7. The molecule has 5 aliphatic rings. The van der Waals surface area contributed by atoms with Gasteiger partial charge in [0.1, 0.15) is 23.1 Å². The molecule has 0 atom stereocenters. The van der Waals surface area contributed by atoms with E-state index in [1.54, 1.807) is 22.9 Å². The Morgan fingerprint density at radius 1 is 1.17 bits per heavy atom. The van der Waals surface area contributed by atoms with Gasteiger partial charge >= 0.3 is 0 Å². The summed E-state index contributed by atoms with van der Waals surface area (Å²) in [6, 6.07) is 9.25. The van der Waals surface area contributed by atoms with Crippen LogP contribution in [0.1, 0.15) is 38.7 Å². The standard InChI is InChI=1S/C27H28FN7O/c1-16(2)33-12-26(13-33)14-34(15-26)22-4-3-20(6-21(22)28)31-25-30-11-19-5-18(10-29)24(36)35(23(19)32-25)27-7-17(8-27)9-27/h3-6,11,16-17H,7-9,12-15H2,1-2H3,(H,30,31,32). The number of aromatic nitrogens is 3. The molecule has 8 rings (SSSR count). The molecule has 8 nitrogen and oxygen atoms in total. The molecular formula is C27H28FN7O. The number of nitrogens with zero attached hydrogens (tertiary/aromatic N) is 6. The van der Waals surface area contributed by atoms with Crippen LogP contribution < -0.4 is 15.8 Å². The van der Waals surface area contributed by atoms with Crippen molar-refractivity contribution < 1.29 is 4.39 Å². The van der Waals surface area contributed by atoms with Gasteiger partial charge in [-0.05, 0) is 63.3 Å². The van der Waals surface area contributed by atoms with Crippen molar-refractivity contribution in [3.8, 4) is 6.07 Å². The van der Waals surface area contributed by atoms with E-state index in [0.717, 1.165) is 45.4 Å². The number of benzene rings is 1. The molecule has 1 aromatic carbocycles. The van der Waals surface area contributed by atoms with Crippen LogP contribution in [-0.2, 0) is 5.54 Å². The highest BCUT2D eigenvalue weighted by Gasteiger charge is 2.59. The Labute approximate surface area is 208 Å². The first-order chi connectivity index (χ1) is 17.3. The predicted molar refractivity (Wildman–Crippen MR) is 135 cm³/mol. The number of nitriles is 1. The van der Waals surface area contributed by atoms with Crippen molar-refractivity contribution in [2.45, 2.75) is 44.7 Å². The zero-order valence-electron chi connectivity index (χ0n) is 20.5. The number of hydrogen-bond acceptors (Lipinski definition) is 7. The Morgan fingerprint density at radius 2 is 1.92 bits per heavy atom. The Kier molecular flexibility index (Phi) is 4.39. The van der Waals surface area contributed by atoms with Gasteiger partial charge in [0.05, 0.1) is 11.2 Å². The molecule has 2 aromatic heterocycles. The zero-order chi connectivity index (χ0) is 24.8. The monoisotopic (exact) mass is 485 g/mol. The second-order valence-electron chi connectivity index (χ2n) is 11.6. The minimum absolute atomic E-state index is 0.112. The zero-order valence-corrected chi connectivity index (χ0v) is 20.5. The summed E-state index contributed by atoms with van der Waals surface area (Å²) in [6.07, 6.45) is 4.47. The Bertz CT molecular complexity index is 1490. The molecule has 5 fully saturated rings. The number of nitrogens with one attached hydrogen (secondary N) is 1. The largest absolute Gasteiger partial charge is 0.368 e. The van der Waals surface area contributed by atoms with Crippen LogP contribution in [0.5, 0.6) is 0 Å². The second-order valence-corrected chi connectivity index (χ2v) is 11.6. The molecule has 0 unspecified atom stereocenters. The summed E-state index contributed by atoms with van der Waals surface area (Å²) < 4.78 is 16.8. The smallest absolute Gasteiger partial charge is 0.270 e. The van der Waals surface area contributed by atoms with Crippen LogP contribution in [0.15, 0.2) is 35.3 Å². The Hall–Kier alpha value is -3.51. The lowest BCUT2D eigenvalue weighted by atomic mass is 9.49. The van der Waals surface area contributed by atoms with Gasteiger partial charge in [-0.15, -0.1) is 0 Å². The lowest BCUT2D eigenvalue weighted by Gasteiger charge is -2.62. The first-order valence-corrected chi connectivity index (χ1v) is 12.7. The summed E-state index contributed by atoms with van der Waals surface area (Å²) in [5.74, 6) is 0.684. The van der Waals surface area contributed by atoms with Crippen molar-refractivity contribution in [2.75, 3.05) is 36.4 Å². The molecule has 36 heavy (non-hydrogen) atoms. The third-order valence-electron chi connectivity index (χ3n) is 8.75. The molecule has 1 spiro atoms. The van der Waals surface area contributed by atoms with Crippen LogP contribution in [-0.4, -0.2) is 51.7 Å². The minimum atomic E-state index is -0.293. The van der Waals surface area contributed by atoms with E-state index in [0.29, 0.717) is 45.7 Å². The highest BCUT2D eigenvalue weighted by Crippen LogP contribution is 2.62. The van der Waals surface area contributed by atoms with Crippen molar-refractivity contribution in [3.63, 3.8) is 0 Å². The molecule has 0 radical (unpaired) electrons. The van der Waals surface area contributed by atoms with Gasteiger partial charge in [0, 0.05) is 54.9 Å². The normalized spacial score (nSPS) is 25.6.